The number of fused-ring (bicyclic) bond motifs is 2. The van der Waals surface area contributed by atoms with E-state index in [1.54, 1.807) is 30.0 Å². The Bertz CT molecular complexity index is 946. The van der Waals surface area contributed by atoms with Crippen molar-refractivity contribution in [2.24, 2.45) is 0 Å². The van der Waals surface area contributed by atoms with Crippen LogP contribution in [0.15, 0.2) is 36.4 Å². The lowest BCUT2D eigenvalue weighted by Gasteiger charge is -2.15. The Morgan fingerprint density at radius 1 is 1.12 bits per heavy atom. The van der Waals surface area contributed by atoms with Crippen LogP contribution in [0.3, 0.4) is 0 Å². The molecule has 24 heavy (non-hydrogen) atoms. The first-order valence-corrected chi connectivity index (χ1v) is 7.65. The van der Waals surface area contributed by atoms with Crippen molar-refractivity contribution in [1.82, 2.24) is 9.78 Å². The van der Waals surface area contributed by atoms with Crippen molar-refractivity contribution < 1.29 is 19.4 Å². The van der Waals surface area contributed by atoms with Crippen LogP contribution < -0.4 is 0 Å². The summed E-state index contributed by atoms with van der Waals surface area (Å²) in [6.07, 6.45) is 0. The molecule has 0 unspecified atom stereocenters. The molecule has 0 bridgehead atoms. The summed E-state index contributed by atoms with van der Waals surface area (Å²) in [5.41, 5.74) is 3.05. The number of nitrogens with zero attached hydrogens (tertiary/aromatic N) is 2. The number of rotatable bonds is 5. The van der Waals surface area contributed by atoms with E-state index in [9.17, 15) is 9.90 Å². The van der Waals surface area contributed by atoms with Crippen molar-refractivity contribution in [3.63, 3.8) is 0 Å². The van der Waals surface area contributed by atoms with E-state index in [1.807, 2.05) is 12.1 Å². The van der Waals surface area contributed by atoms with Gasteiger partial charge in [-0.05, 0) is 12.1 Å². The third-order valence-electron chi connectivity index (χ3n) is 4.19. The number of ketones is 1. The van der Waals surface area contributed by atoms with Gasteiger partial charge in [-0.1, -0.05) is 24.3 Å². The number of benzene rings is 2. The Balaban J connectivity index is 1.87. The molecule has 2 aromatic carbocycles. The Labute approximate surface area is 138 Å². The van der Waals surface area contributed by atoms with Crippen LogP contribution in [0.2, 0.25) is 0 Å². The minimum absolute atomic E-state index is 0.0222. The number of hydrogen-bond acceptors (Lipinski definition) is 5. The number of carbonyl (C=O) groups excluding carboxylic acids is 1. The van der Waals surface area contributed by atoms with Crippen LogP contribution in [0.5, 0.6) is 5.75 Å². The summed E-state index contributed by atoms with van der Waals surface area (Å²) >= 11 is 0. The van der Waals surface area contributed by atoms with E-state index in [4.69, 9.17) is 9.47 Å². The number of phenolic OH excluding ortho intramolecular Hbond substituents is 1. The zero-order valence-electron chi connectivity index (χ0n) is 13.2. The quantitative estimate of drug-likeness (QED) is 0.571. The molecule has 122 valence electrons. The standard InChI is InChI=1S/C18H16N2O4/c1-23-8-9-24-10-20-13-6-2-5-12-15(13)17(19-20)11-4-3-7-14(21)16(11)18(12)22/h2-7,21H,8-10H2,1H3. The van der Waals surface area contributed by atoms with Crippen molar-refractivity contribution in [2.75, 3.05) is 20.3 Å². The van der Waals surface area contributed by atoms with Crippen LogP contribution in [-0.2, 0) is 16.2 Å². The molecule has 3 aromatic rings. The molecule has 1 aliphatic rings. The number of phenols is 1. The van der Waals surface area contributed by atoms with E-state index < -0.39 is 0 Å². The van der Waals surface area contributed by atoms with Gasteiger partial charge in [-0.25, -0.2) is 4.68 Å². The summed E-state index contributed by atoms with van der Waals surface area (Å²) < 4.78 is 12.3. The van der Waals surface area contributed by atoms with Crippen LogP contribution in [0, 0.1) is 0 Å². The molecule has 6 heteroatoms. The summed E-state index contributed by atoms with van der Waals surface area (Å²) in [6.45, 7) is 1.24. The third kappa shape index (κ3) is 2.11. The van der Waals surface area contributed by atoms with Crippen LogP contribution >= 0.6 is 0 Å². The number of hydrogen-bond donors (Lipinski definition) is 1. The molecule has 1 N–H and O–H groups in total. The minimum atomic E-state index is -0.180. The molecule has 0 fully saturated rings. The first-order chi connectivity index (χ1) is 11.7. The van der Waals surface area contributed by atoms with Gasteiger partial charge in [0.05, 0.1) is 24.3 Å². The molecule has 1 aromatic heterocycles. The largest absolute Gasteiger partial charge is 0.507 e. The highest BCUT2D eigenvalue weighted by Crippen LogP contribution is 2.41. The topological polar surface area (TPSA) is 73.6 Å². The summed E-state index contributed by atoms with van der Waals surface area (Å²) in [5, 5.41) is 15.5. The molecule has 4 rings (SSSR count). The van der Waals surface area contributed by atoms with E-state index in [0.29, 0.717) is 35.6 Å². The molecule has 0 saturated heterocycles. The number of carbonyl (C=O) groups is 1. The molecule has 0 radical (unpaired) electrons. The highest BCUT2D eigenvalue weighted by Gasteiger charge is 2.30. The Morgan fingerprint density at radius 3 is 2.75 bits per heavy atom. The lowest BCUT2D eigenvalue weighted by Crippen LogP contribution is -2.09. The maximum absolute atomic E-state index is 12.8. The first kappa shape index (κ1) is 14.9. The van der Waals surface area contributed by atoms with Gasteiger partial charge in [-0.15, -0.1) is 0 Å². The Kier molecular flexibility index (Phi) is 3.55. The van der Waals surface area contributed by atoms with Gasteiger partial charge in [-0.3, -0.25) is 4.79 Å². The van der Waals surface area contributed by atoms with Gasteiger partial charge in [0.1, 0.15) is 18.2 Å². The molecular formula is C18H16N2O4. The predicted molar refractivity (Wildman–Crippen MR) is 88.1 cm³/mol. The summed E-state index contributed by atoms with van der Waals surface area (Å²) in [5.74, 6) is -0.202. The lowest BCUT2D eigenvalue weighted by molar-refractivity contribution is 0.0309. The molecule has 0 amide bonds. The number of aromatic nitrogens is 2. The molecule has 0 saturated carbocycles. The average molecular weight is 324 g/mol. The second-order valence-electron chi connectivity index (χ2n) is 5.61. The minimum Gasteiger partial charge on any atom is -0.507 e. The maximum Gasteiger partial charge on any atom is 0.198 e. The van der Waals surface area contributed by atoms with E-state index in [2.05, 4.69) is 5.10 Å². The summed E-state index contributed by atoms with van der Waals surface area (Å²) in [6, 6.07) is 10.5. The Morgan fingerprint density at radius 2 is 1.92 bits per heavy atom. The zero-order chi connectivity index (χ0) is 16.7. The highest BCUT2D eigenvalue weighted by molar-refractivity contribution is 6.26. The lowest BCUT2D eigenvalue weighted by atomic mass is 9.87. The van der Waals surface area contributed by atoms with Gasteiger partial charge < -0.3 is 14.6 Å². The van der Waals surface area contributed by atoms with E-state index in [0.717, 1.165) is 10.9 Å². The molecule has 1 heterocycles. The fourth-order valence-electron chi connectivity index (χ4n) is 3.11. The van der Waals surface area contributed by atoms with Crippen molar-refractivity contribution in [3.8, 4) is 17.0 Å². The third-order valence-corrected chi connectivity index (χ3v) is 4.19. The van der Waals surface area contributed by atoms with Crippen LogP contribution in [0.1, 0.15) is 15.9 Å². The number of methoxy groups -OCH3 is 1. The van der Waals surface area contributed by atoms with Gasteiger partial charge >= 0.3 is 0 Å². The molecule has 0 atom stereocenters. The van der Waals surface area contributed by atoms with Crippen LogP contribution in [0.25, 0.3) is 22.2 Å². The van der Waals surface area contributed by atoms with Crippen LogP contribution in [0.4, 0.5) is 0 Å². The molecule has 0 spiro atoms. The molecule has 1 aliphatic carbocycles. The van der Waals surface area contributed by atoms with E-state index >= 15 is 0 Å². The second kappa shape index (κ2) is 5.74. The van der Waals surface area contributed by atoms with Gasteiger partial charge in [0.2, 0.25) is 0 Å². The fraction of sp³-hybridized carbons (Fsp3) is 0.222. The number of ether oxygens (including phenoxy) is 2. The van der Waals surface area contributed by atoms with E-state index in [-0.39, 0.29) is 18.3 Å². The van der Waals surface area contributed by atoms with Crippen LogP contribution in [-0.4, -0.2) is 41.0 Å². The molecular weight excluding hydrogens is 308 g/mol. The van der Waals surface area contributed by atoms with Gasteiger partial charge in [0.15, 0.2) is 5.78 Å². The first-order valence-electron chi connectivity index (χ1n) is 7.65. The Hall–Kier alpha value is -2.70. The highest BCUT2D eigenvalue weighted by atomic mass is 16.5. The predicted octanol–water partition coefficient (Wildman–Crippen LogP) is 2.57. The van der Waals surface area contributed by atoms with Crippen molar-refractivity contribution in [2.45, 2.75) is 6.73 Å². The number of aromatic hydroxyl groups is 1. The molecule has 6 nitrogen and oxygen atoms in total. The zero-order valence-corrected chi connectivity index (χ0v) is 13.2. The van der Waals surface area contributed by atoms with Gasteiger partial charge in [-0.2, -0.15) is 5.10 Å². The molecule has 0 aliphatic heterocycles. The normalized spacial score (nSPS) is 12.6. The van der Waals surface area contributed by atoms with E-state index in [1.165, 1.54) is 6.07 Å². The second-order valence-corrected chi connectivity index (χ2v) is 5.61. The van der Waals surface area contributed by atoms with Crippen molar-refractivity contribution >= 4 is 16.7 Å². The monoisotopic (exact) mass is 324 g/mol. The van der Waals surface area contributed by atoms with Gasteiger partial charge in [0.25, 0.3) is 0 Å². The smallest absolute Gasteiger partial charge is 0.198 e. The van der Waals surface area contributed by atoms with Crippen molar-refractivity contribution in [1.29, 1.82) is 0 Å². The average Bonchev–Trinajstić information content (AvgIpc) is 2.96. The maximum atomic E-state index is 12.8. The van der Waals surface area contributed by atoms with Gasteiger partial charge in [0, 0.05) is 23.6 Å². The fourth-order valence-corrected chi connectivity index (χ4v) is 3.11. The summed E-state index contributed by atoms with van der Waals surface area (Å²) in [7, 11) is 1.62. The SMILES string of the molecule is COCCOCn1nc2c3c(cccc31)C(=O)c1c(O)cccc1-2. The summed E-state index contributed by atoms with van der Waals surface area (Å²) in [4.78, 5) is 12.8. The van der Waals surface area contributed by atoms with Crippen molar-refractivity contribution in [3.05, 3.63) is 47.5 Å².